The van der Waals surface area contributed by atoms with Crippen LogP contribution in [0.25, 0.3) is 0 Å². The lowest BCUT2D eigenvalue weighted by Crippen LogP contribution is -2.03. The van der Waals surface area contributed by atoms with Gasteiger partial charge in [-0.2, -0.15) is 0 Å². The maximum atomic E-state index is 10.2. The first-order chi connectivity index (χ1) is 6.66. The first-order valence-corrected chi connectivity index (χ1v) is 5.56. The highest BCUT2D eigenvalue weighted by molar-refractivity contribution is 5.66. The molecule has 0 heterocycles. The fraction of sp³-hybridized carbons (Fsp3) is 0.909. The molecule has 0 aromatic rings. The largest absolute Gasteiger partial charge is 0.481 e. The number of unbranched alkanes of at least 4 members (excludes halogenated alkanes) is 4. The van der Waals surface area contributed by atoms with Gasteiger partial charge in [-0.1, -0.05) is 32.6 Å². The molecule has 0 aromatic carbocycles. The number of aliphatic hydroxyl groups is 1. The third-order valence-electron chi connectivity index (χ3n) is 2.40. The molecular formula is C11H22O3. The monoisotopic (exact) mass is 202 g/mol. The van der Waals surface area contributed by atoms with Crippen LogP contribution in [-0.2, 0) is 4.79 Å². The molecule has 0 aromatic heterocycles. The smallest absolute Gasteiger partial charge is 0.303 e. The maximum Gasteiger partial charge on any atom is 0.303 e. The average molecular weight is 202 g/mol. The summed E-state index contributed by atoms with van der Waals surface area (Å²) in [5, 5.41) is 17.6. The second kappa shape index (κ2) is 9.00. The highest BCUT2D eigenvalue weighted by atomic mass is 16.4. The number of aliphatic carboxylic acids is 1. The highest BCUT2D eigenvalue weighted by Crippen LogP contribution is 2.09. The molecule has 0 spiro atoms. The van der Waals surface area contributed by atoms with E-state index in [-0.39, 0.29) is 12.5 Å². The molecule has 0 rings (SSSR count). The van der Waals surface area contributed by atoms with E-state index in [0.29, 0.717) is 0 Å². The van der Waals surface area contributed by atoms with Gasteiger partial charge in [0, 0.05) is 6.42 Å². The van der Waals surface area contributed by atoms with E-state index in [9.17, 15) is 9.90 Å². The highest BCUT2D eigenvalue weighted by Gasteiger charge is 2.00. The lowest BCUT2D eigenvalue weighted by molar-refractivity contribution is -0.137. The van der Waals surface area contributed by atoms with E-state index in [1.807, 2.05) is 6.92 Å². The Hall–Kier alpha value is -0.570. The Labute approximate surface area is 86.1 Å². The van der Waals surface area contributed by atoms with E-state index in [2.05, 4.69) is 0 Å². The molecular weight excluding hydrogens is 180 g/mol. The molecule has 0 bridgehead atoms. The lowest BCUT2D eigenvalue weighted by atomic mass is 10.1. The van der Waals surface area contributed by atoms with Crippen molar-refractivity contribution in [1.82, 2.24) is 0 Å². The molecule has 0 saturated carbocycles. The Morgan fingerprint density at radius 3 is 2.29 bits per heavy atom. The van der Waals surface area contributed by atoms with Crippen LogP contribution in [0.15, 0.2) is 0 Å². The van der Waals surface area contributed by atoms with E-state index in [4.69, 9.17) is 5.11 Å². The summed E-state index contributed by atoms with van der Waals surface area (Å²) < 4.78 is 0. The van der Waals surface area contributed by atoms with Crippen LogP contribution >= 0.6 is 0 Å². The molecule has 0 radical (unpaired) electrons. The molecule has 0 saturated heterocycles. The molecule has 0 aliphatic rings. The Kier molecular flexibility index (Phi) is 8.64. The summed E-state index contributed by atoms with van der Waals surface area (Å²) >= 11 is 0. The van der Waals surface area contributed by atoms with Crippen LogP contribution in [0.5, 0.6) is 0 Å². The van der Waals surface area contributed by atoms with E-state index < -0.39 is 5.97 Å². The summed E-state index contributed by atoms with van der Waals surface area (Å²) in [5.74, 6) is -0.702. The molecule has 1 atom stereocenters. The Morgan fingerprint density at radius 2 is 1.71 bits per heavy atom. The Morgan fingerprint density at radius 1 is 1.14 bits per heavy atom. The van der Waals surface area contributed by atoms with Crippen molar-refractivity contribution in [2.24, 2.45) is 0 Å². The standard InChI is InChI=1S/C11H22O3/c1-2-10(12)8-6-4-3-5-7-9-11(13)14/h10,12H,2-9H2,1H3,(H,13,14). The number of aliphatic hydroxyl groups excluding tert-OH is 1. The van der Waals surface area contributed by atoms with E-state index in [1.54, 1.807) is 0 Å². The number of carboxylic acid groups (broad SMARTS) is 1. The summed E-state index contributed by atoms with van der Waals surface area (Å²) in [5.41, 5.74) is 0. The molecule has 0 amide bonds. The first kappa shape index (κ1) is 13.4. The number of hydrogen-bond donors (Lipinski definition) is 2. The number of carboxylic acids is 1. The van der Waals surface area contributed by atoms with Crippen LogP contribution < -0.4 is 0 Å². The molecule has 0 fully saturated rings. The normalized spacial score (nSPS) is 12.7. The third-order valence-corrected chi connectivity index (χ3v) is 2.40. The fourth-order valence-electron chi connectivity index (χ4n) is 1.39. The van der Waals surface area contributed by atoms with Gasteiger partial charge in [-0.25, -0.2) is 0 Å². The summed E-state index contributed by atoms with van der Waals surface area (Å²) in [6.07, 6.45) is 6.89. The van der Waals surface area contributed by atoms with Crippen LogP contribution in [0.3, 0.4) is 0 Å². The van der Waals surface area contributed by atoms with Gasteiger partial charge >= 0.3 is 5.97 Å². The zero-order chi connectivity index (χ0) is 10.8. The van der Waals surface area contributed by atoms with Crippen molar-refractivity contribution < 1.29 is 15.0 Å². The van der Waals surface area contributed by atoms with Gasteiger partial charge in [-0.3, -0.25) is 4.79 Å². The van der Waals surface area contributed by atoms with E-state index >= 15 is 0 Å². The minimum atomic E-state index is -0.702. The van der Waals surface area contributed by atoms with Gasteiger partial charge in [0.25, 0.3) is 0 Å². The Balaban J connectivity index is 3.02. The molecule has 2 N–H and O–H groups in total. The minimum Gasteiger partial charge on any atom is -0.481 e. The molecule has 84 valence electrons. The molecule has 3 heteroatoms. The fourth-order valence-corrected chi connectivity index (χ4v) is 1.39. The zero-order valence-corrected chi connectivity index (χ0v) is 9.04. The average Bonchev–Trinajstić information content (AvgIpc) is 2.15. The predicted molar refractivity (Wildman–Crippen MR) is 56.3 cm³/mol. The quantitative estimate of drug-likeness (QED) is 0.565. The van der Waals surface area contributed by atoms with Gasteiger partial charge in [-0.15, -0.1) is 0 Å². The number of rotatable bonds is 9. The van der Waals surface area contributed by atoms with E-state index in [1.165, 1.54) is 0 Å². The van der Waals surface area contributed by atoms with Gasteiger partial charge in [0.2, 0.25) is 0 Å². The summed E-state index contributed by atoms with van der Waals surface area (Å²) in [6.45, 7) is 1.98. The van der Waals surface area contributed by atoms with Gasteiger partial charge in [-0.05, 0) is 19.3 Å². The molecule has 3 nitrogen and oxygen atoms in total. The van der Waals surface area contributed by atoms with Crippen molar-refractivity contribution in [1.29, 1.82) is 0 Å². The van der Waals surface area contributed by atoms with Crippen molar-refractivity contribution in [2.45, 2.75) is 64.4 Å². The summed E-state index contributed by atoms with van der Waals surface area (Å²) in [7, 11) is 0. The molecule has 0 aliphatic carbocycles. The number of carbonyl (C=O) groups is 1. The van der Waals surface area contributed by atoms with Gasteiger partial charge in [0.15, 0.2) is 0 Å². The van der Waals surface area contributed by atoms with Gasteiger partial charge in [0.1, 0.15) is 0 Å². The van der Waals surface area contributed by atoms with Crippen LogP contribution in [0.1, 0.15) is 58.3 Å². The van der Waals surface area contributed by atoms with Crippen molar-refractivity contribution in [3.05, 3.63) is 0 Å². The van der Waals surface area contributed by atoms with Crippen LogP contribution in [-0.4, -0.2) is 22.3 Å². The van der Waals surface area contributed by atoms with Crippen molar-refractivity contribution in [3.8, 4) is 0 Å². The van der Waals surface area contributed by atoms with Crippen LogP contribution in [0, 0.1) is 0 Å². The second-order valence-electron chi connectivity index (χ2n) is 3.76. The second-order valence-corrected chi connectivity index (χ2v) is 3.76. The summed E-state index contributed by atoms with van der Waals surface area (Å²) in [6, 6.07) is 0. The predicted octanol–water partition coefficient (Wildman–Crippen LogP) is 2.57. The lowest BCUT2D eigenvalue weighted by Gasteiger charge is -2.06. The van der Waals surface area contributed by atoms with Crippen molar-refractivity contribution in [2.75, 3.05) is 0 Å². The van der Waals surface area contributed by atoms with Gasteiger partial charge in [0.05, 0.1) is 6.10 Å². The van der Waals surface area contributed by atoms with Crippen molar-refractivity contribution in [3.63, 3.8) is 0 Å². The zero-order valence-electron chi connectivity index (χ0n) is 9.04. The molecule has 14 heavy (non-hydrogen) atoms. The molecule has 1 unspecified atom stereocenters. The van der Waals surface area contributed by atoms with E-state index in [0.717, 1.165) is 44.9 Å². The first-order valence-electron chi connectivity index (χ1n) is 5.56. The van der Waals surface area contributed by atoms with Crippen LogP contribution in [0.2, 0.25) is 0 Å². The van der Waals surface area contributed by atoms with Gasteiger partial charge < -0.3 is 10.2 Å². The molecule has 0 aliphatic heterocycles. The minimum absolute atomic E-state index is 0.144. The summed E-state index contributed by atoms with van der Waals surface area (Å²) in [4.78, 5) is 10.2. The third kappa shape index (κ3) is 9.52. The maximum absolute atomic E-state index is 10.2. The SMILES string of the molecule is CCC(O)CCCCCCCC(=O)O. The number of hydrogen-bond acceptors (Lipinski definition) is 2. The Bertz CT molecular complexity index is 145. The van der Waals surface area contributed by atoms with Crippen molar-refractivity contribution >= 4 is 5.97 Å². The van der Waals surface area contributed by atoms with Crippen LogP contribution in [0.4, 0.5) is 0 Å². The topological polar surface area (TPSA) is 57.5 Å².